The molecule has 4 rings (SSSR count). The molecule has 0 bridgehead atoms. The van der Waals surface area contributed by atoms with Gasteiger partial charge in [-0.3, -0.25) is 4.90 Å². The van der Waals surface area contributed by atoms with Gasteiger partial charge in [-0.1, -0.05) is 0 Å². The molecule has 0 spiro atoms. The zero-order valence-corrected chi connectivity index (χ0v) is 18.0. The molecule has 1 aromatic carbocycles. The molecule has 0 saturated carbocycles. The Balaban J connectivity index is 1.56. The van der Waals surface area contributed by atoms with Gasteiger partial charge in [0.15, 0.2) is 14.9 Å². The van der Waals surface area contributed by atoms with E-state index in [4.69, 9.17) is 0 Å². The number of carbonyl (C=O) groups is 1. The van der Waals surface area contributed by atoms with Crippen LogP contribution in [0.5, 0.6) is 0 Å². The molecule has 10 heteroatoms. The van der Waals surface area contributed by atoms with Crippen molar-refractivity contribution < 1.29 is 17.6 Å². The molecule has 8 nitrogen and oxygen atoms in total. The highest BCUT2D eigenvalue weighted by molar-refractivity contribution is 7.90. The summed E-state index contributed by atoms with van der Waals surface area (Å²) in [6.45, 7) is 2.55. The predicted octanol–water partition coefficient (Wildman–Crippen LogP) is 2.78. The van der Waals surface area contributed by atoms with Crippen LogP contribution in [0.25, 0.3) is 5.69 Å². The quantitative estimate of drug-likeness (QED) is 0.669. The third kappa shape index (κ3) is 4.29. The average molecular weight is 444 g/mol. The number of urea groups is 1. The Morgan fingerprint density at radius 1 is 1.23 bits per heavy atom. The Morgan fingerprint density at radius 3 is 2.68 bits per heavy atom. The van der Waals surface area contributed by atoms with Crippen molar-refractivity contribution in [1.29, 1.82) is 0 Å². The van der Waals surface area contributed by atoms with Crippen molar-refractivity contribution in [3.63, 3.8) is 0 Å². The molecule has 3 heterocycles. The summed E-state index contributed by atoms with van der Waals surface area (Å²) in [7, 11) is -3.43. The second kappa shape index (κ2) is 8.10. The molecule has 2 aromatic heterocycles. The molecule has 0 atom stereocenters. The summed E-state index contributed by atoms with van der Waals surface area (Å²) in [5.74, 6) is -0.322. The van der Waals surface area contributed by atoms with E-state index in [2.05, 4.69) is 15.4 Å². The Morgan fingerprint density at radius 2 is 1.97 bits per heavy atom. The average Bonchev–Trinajstić information content (AvgIpc) is 3.09. The van der Waals surface area contributed by atoms with Crippen molar-refractivity contribution in [3.8, 4) is 5.69 Å². The summed E-state index contributed by atoms with van der Waals surface area (Å²) >= 11 is 0. The summed E-state index contributed by atoms with van der Waals surface area (Å²) < 4.78 is 38.4. The highest BCUT2D eigenvalue weighted by Gasteiger charge is 2.29. The van der Waals surface area contributed by atoms with Crippen LogP contribution in [-0.2, 0) is 22.8 Å². The SMILES string of the molecule is Cc1nn(-c2ccc(F)cc2)c2c1N(C(=O)NCc1ccnc(S(C)(=O)=O)c1)CCC2. The van der Waals surface area contributed by atoms with Crippen LogP contribution in [-0.4, -0.2) is 42.0 Å². The molecule has 0 unspecified atom stereocenters. The molecule has 162 valence electrons. The van der Waals surface area contributed by atoms with Gasteiger partial charge in [-0.25, -0.2) is 27.3 Å². The number of nitrogens with zero attached hydrogens (tertiary/aromatic N) is 4. The number of sulfone groups is 1. The Labute approximate surface area is 179 Å². The van der Waals surface area contributed by atoms with Gasteiger partial charge in [-0.2, -0.15) is 5.10 Å². The van der Waals surface area contributed by atoms with Crippen molar-refractivity contribution in [3.05, 3.63) is 65.4 Å². The van der Waals surface area contributed by atoms with Crippen molar-refractivity contribution in [1.82, 2.24) is 20.1 Å². The highest BCUT2D eigenvalue weighted by atomic mass is 32.2. The lowest BCUT2D eigenvalue weighted by atomic mass is 10.1. The maximum Gasteiger partial charge on any atom is 0.322 e. The zero-order valence-electron chi connectivity index (χ0n) is 17.2. The number of aromatic nitrogens is 3. The zero-order chi connectivity index (χ0) is 22.2. The summed E-state index contributed by atoms with van der Waals surface area (Å²) in [5.41, 5.74) is 3.73. The number of nitrogens with one attached hydrogen (secondary N) is 1. The Bertz CT molecular complexity index is 1240. The van der Waals surface area contributed by atoms with Crippen LogP contribution >= 0.6 is 0 Å². The second-order valence-corrected chi connectivity index (χ2v) is 9.42. The number of carbonyl (C=O) groups excluding carboxylic acids is 1. The molecular weight excluding hydrogens is 421 g/mol. The smallest absolute Gasteiger partial charge is 0.322 e. The maximum absolute atomic E-state index is 13.3. The first kappa shape index (κ1) is 21.0. The topological polar surface area (TPSA) is 97.2 Å². The highest BCUT2D eigenvalue weighted by Crippen LogP contribution is 2.32. The van der Waals surface area contributed by atoms with E-state index in [-0.39, 0.29) is 23.4 Å². The fraction of sp³-hybridized carbons (Fsp3) is 0.286. The van der Waals surface area contributed by atoms with Crippen LogP contribution in [0.1, 0.15) is 23.4 Å². The number of hydrogen-bond acceptors (Lipinski definition) is 5. The van der Waals surface area contributed by atoms with Gasteiger partial charge in [0.2, 0.25) is 0 Å². The van der Waals surface area contributed by atoms with Crippen LogP contribution in [0, 0.1) is 12.7 Å². The fourth-order valence-corrected chi connectivity index (χ4v) is 4.31. The monoisotopic (exact) mass is 443 g/mol. The minimum Gasteiger partial charge on any atom is -0.334 e. The Hall–Kier alpha value is -3.27. The molecule has 0 saturated heterocycles. The van der Waals surface area contributed by atoms with E-state index in [1.807, 2.05) is 6.92 Å². The first-order chi connectivity index (χ1) is 14.7. The summed E-state index contributed by atoms with van der Waals surface area (Å²) in [6, 6.07) is 8.90. The largest absolute Gasteiger partial charge is 0.334 e. The van der Waals surface area contributed by atoms with Gasteiger partial charge >= 0.3 is 6.03 Å². The molecule has 1 aliphatic heterocycles. The summed E-state index contributed by atoms with van der Waals surface area (Å²) in [4.78, 5) is 18.5. The number of aryl methyl sites for hydroxylation is 1. The van der Waals surface area contributed by atoms with Crippen LogP contribution in [0.2, 0.25) is 0 Å². The molecule has 1 aliphatic rings. The van der Waals surface area contributed by atoms with E-state index in [0.29, 0.717) is 17.8 Å². The van der Waals surface area contributed by atoms with E-state index >= 15 is 0 Å². The number of fused-ring (bicyclic) bond motifs is 1. The lowest BCUT2D eigenvalue weighted by Crippen LogP contribution is -2.42. The van der Waals surface area contributed by atoms with Crippen molar-refractivity contribution in [2.24, 2.45) is 0 Å². The van der Waals surface area contributed by atoms with E-state index in [1.165, 1.54) is 24.4 Å². The van der Waals surface area contributed by atoms with Gasteiger partial charge in [0, 0.05) is 25.5 Å². The number of rotatable bonds is 4. The molecule has 0 aliphatic carbocycles. The molecule has 3 aromatic rings. The lowest BCUT2D eigenvalue weighted by molar-refractivity contribution is 0.245. The summed E-state index contributed by atoms with van der Waals surface area (Å²) in [6.07, 6.45) is 4.02. The molecule has 0 radical (unpaired) electrons. The van der Waals surface area contributed by atoms with E-state index in [9.17, 15) is 17.6 Å². The molecule has 2 amide bonds. The number of amides is 2. The van der Waals surface area contributed by atoms with Crippen molar-refractivity contribution >= 4 is 21.6 Å². The van der Waals surface area contributed by atoms with Crippen LogP contribution in [0.15, 0.2) is 47.6 Å². The summed E-state index contributed by atoms with van der Waals surface area (Å²) in [5, 5.41) is 7.40. The second-order valence-electron chi connectivity index (χ2n) is 7.46. The predicted molar refractivity (Wildman–Crippen MR) is 114 cm³/mol. The minimum atomic E-state index is -3.43. The van der Waals surface area contributed by atoms with Gasteiger partial charge in [-0.05, 0) is 61.7 Å². The normalized spacial score (nSPS) is 13.7. The first-order valence-corrected chi connectivity index (χ1v) is 11.7. The third-order valence-electron chi connectivity index (χ3n) is 5.13. The van der Waals surface area contributed by atoms with Gasteiger partial charge < -0.3 is 5.32 Å². The number of pyridine rings is 1. The number of hydrogen-bond donors (Lipinski definition) is 1. The van der Waals surface area contributed by atoms with E-state index in [0.717, 1.165) is 36.2 Å². The standard InChI is InChI=1S/C21H22FN5O3S/c1-14-20-18(27(25-14)17-7-5-16(22)6-8-17)4-3-11-26(20)21(28)24-13-15-9-10-23-19(12-15)31(2,29)30/h5-10,12H,3-4,11,13H2,1-2H3,(H,24,28). The maximum atomic E-state index is 13.3. The van der Waals surface area contributed by atoms with Gasteiger partial charge in [0.25, 0.3) is 0 Å². The minimum absolute atomic E-state index is 0.0315. The van der Waals surface area contributed by atoms with Gasteiger partial charge in [-0.15, -0.1) is 0 Å². The van der Waals surface area contributed by atoms with Gasteiger partial charge in [0.05, 0.1) is 22.8 Å². The first-order valence-electron chi connectivity index (χ1n) is 9.79. The van der Waals surface area contributed by atoms with Crippen LogP contribution in [0.4, 0.5) is 14.9 Å². The number of benzene rings is 1. The molecular formula is C21H22FN5O3S. The fourth-order valence-electron chi connectivity index (χ4n) is 3.69. The van der Waals surface area contributed by atoms with Crippen molar-refractivity contribution in [2.45, 2.75) is 31.3 Å². The molecule has 31 heavy (non-hydrogen) atoms. The van der Waals surface area contributed by atoms with Gasteiger partial charge in [0.1, 0.15) is 5.82 Å². The molecule has 1 N–H and O–H groups in total. The lowest BCUT2D eigenvalue weighted by Gasteiger charge is -2.28. The Kier molecular flexibility index (Phi) is 5.48. The molecule has 0 fully saturated rings. The van der Waals surface area contributed by atoms with E-state index in [1.54, 1.807) is 27.8 Å². The van der Waals surface area contributed by atoms with Crippen LogP contribution in [0.3, 0.4) is 0 Å². The third-order valence-corrected chi connectivity index (χ3v) is 6.11. The van der Waals surface area contributed by atoms with Crippen molar-refractivity contribution in [2.75, 3.05) is 17.7 Å². The number of anilines is 1. The number of halogens is 1. The van der Waals surface area contributed by atoms with Crippen LogP contribution < -0.4 is 10.2 Å². The van der Waals surface area contributed by atoms with E-state index < -0.39 is 9.84 Å².